The van der Waals surface area contributed by atoms with Crippen molar-refractivity contribution in [3.05, 3.63) is 17.5 Å². The van der Waals surface area contributed by atoms with Gasteiger partial charge < -0.3 is 10.2 Å². The van der Waals surface area contributed by atoms with Gasteiger partial charge in [0.25, 0.3) is 5.91 Å². The van der Waals surface area contributed by atoms with Crippen LogP contribution in [0.25, 0.3) is 0 Å². The summed E-state index contributed by atoms with van der Waals surface area (Å²) in [6.45, 7) is 7.77. The predicted molar refractivity (Wildman–Crippen MR) is 79.9 cm³/mol. The molecule has 1 aromatic rings. The average molecular weight is 276 g/mol. The van der Waals surface area contributed by atoms with Gasteiger partial charge in [-0.15, -0.1) is 0 Å². The number of likely N-dealkylation sites (tertiary alicyclic amines) is 1. The Labute approximate surface area is 120 Å². The highest BCUT2D eigenvalue weighted by Crippen LogP contribution is 2.14. The second-order valence-electron chi connectivity index (χ2n) is 5.52. The molecule has 0 radical (unpaired) electrons. The number of nitrogens with one attached hydrogen (secondary N) is 1. The van der Waals surface area contributed by atoms with E-state index >= 15 is 0 Å². The summed E-state index contributed by atoms with van der Waals surface area (Å²) in [4.78, 5) is 23.1. The number of amides is 1. The fraction of sp³-hybridized carbons (Fsp3) is 0.667. The highest BCUT2D eigenvalue weighted by Gasteiger charge is 2.20. The molecule has 1 saturated heterocycles. The van der Waals surface area contributed by atoms with Gasteiger partial charge in [-0.1, -0.05) is 6.92 Å². The molecule has 2 rings (SSSR count). The van der Waals surface area contributed by atoms with E-state index in [4.69, 9.17) is 0 Å². The smallest absolute Gasteiger partial charge is 0.272 e. The molecule has 1 unspecified atom stereocenters. The summed E-state index contributed by atoms with van der Waals surface area (Å²) in [5.74, 6) is 0.585. The summed E-state index contributed by atoms with van der Waals surface area (Å²) in [7, 11) is 0. The van der Waals surface area contributed by atoms with E-state index in [9.17, 15) is 4.79 Å². The van der Waals surface area contributed by atoms with Crippen molar-refractivity contribution in [1.29, 1.82) is 0 Å². The first-order chi connectivity index (χ1) is 9.60. The molecule has 110 valence electrons. The Balaban J connectivity index is 2.16. The van der Waals surface area contributed by atoms with Gasteiger partial charge in [0, 0.05) is 24.8 Å². The second kappa shape index (κ2) is 6.68. The SMILES string of the molecule is CCC(C)Nc1nc(C)cc(C(=O)N2CCCCC2)n1. The van der Waals surface area contributed by atoms with Gasteiger partial charge in [-0.3, -0.25) is 4.79 Å². The van der Waals surface area contributed by atoms with Crippen molar-refractivity contribution in [1.82, 2.24) is 14.9 Å². The second-order valence-corrected chi connectivity index (χ2v) is 5.52. The molecule has 1 aliphatic heterocycles. The Morgan fingerprint density at radius 3 is 2.70 bits per heavy atom. The molecular weight excluding hydrogens is 252 g/mol. The van der Waals surface area contributed by atoms with E-state index in [1.165, 1.54) is 6.42 Å². The Morgan fingerprint density at radius 2 is 2.05 bits per heavy atom. The molecule has 0 aromatic carbocycles. The molecule has 5 heteroatoms. The maximum absolute atomic E-state index is 12.5. The Hall–Kier alpha value is -1.65. The van der Waals surface area contributed by atoms with Crippen molar-refractivity contribution in [2.24, 2.45) is 0 Å². The third kappa shape index (κ3) is 3.68. The van der Waals surface area contributed by atoms with Gasteiger partial charge in [0.1, 0.15) is 5.69 Å². The lowest BCUT2D eigenvalue weighted by Crippen LogP contribution is -2.36. The molecule has 2 heterocycles. The van der Waals surface area contributed by atoms with Crippen molar-refractivity contribution >= 4 is 11.9 Å². The Bertz CT molecular complexity index is 469. The maximum Gasteiger partial charge on any atom is 0.272 e. The van der Waals surface area contributed by atoms with Crippen LogP contribution in [0.1, 0.15) is 55.7 Å². The van der Waals surface area contributed by atoms with E-state index in [1.807, 2.05) is 11.8 Å². The van der Waals surface area contributed by atoms with Crippen molar-refractivity contribution < 1.29 is 4.79 Å². The molecule has 1 aliphatic rings. The quantitative estimate of drug-likeness (QED) is 0.918. The van der Waals surface area contributed by atoms with E-state index in [1.54, 1.807) is 6.07 Å². The van der Waals surface area contributed by atoms with Crippen molar-refractivity contribution in [2.75, 3.05) is 18.4 Å². The molecule has 1 aromatic heterocycles. The molecule has 5 nitrogen and oxygen atoms in total. The van der Waals surface area contributed by atoms with Gasteiger partial charge in [-0.05, 0) is 45.6 Å². The number of rotatable bonds is 4. The van der Waals surface area contributed by atoms with E-state index < -0.39 is 0 Å². The number of nitrogens with zero attached hydrogens (tertiary/aromatic N) is 3. The van der Waals surface area contributed by atoms with Crippen LogP contribution >= 0.6 is 0 Å². The number of aromatic nitrogens is 2. The zero-order valence-corrected chi connectivity index (χ0v) is 12.6. The van der Waals surface area contributed by atoms with Crippen molar-refractivity contribution in [2.45, 2.75) is 52.5 Å². The fourth-order valence-electron chi connectivity index (χ4n) is 2.32. The van der Waals surface area contributed by atoms with Gasteiger partial charge in [0.05, 0.1) is 0 Å². The van der Waals surface area contributed by atoms with Crippen LogP contribution in [-0.4, -0.2) is 39.9 Å². The highest BCUT2D eigenvalue weighted by molar-refractivity contribution is 5.92. The first-order valence-electron chi connectivity index (χ1n) is 7.51. The minimum absolute atomic E-state index is 0.0300. The molecule has 0 saturated carbocycles. The molecule has 0 bridgehead atoms. The summed E-state index contributed by atoms with van der Waals surface area (Å²) in [5.41, 5.74) is 1.33. The lowest BCUT2D eigenvalue weighted by atomic mass is 10.1. The fourth-order valence-corrected chi connectivity index (χ4v) is 2.32. The minimum Gasteiger partial charge on any atom is -0.352 e. The molecular formula is C15H24N4O. The van der Waals surface area contributed by atoms with Crippen molar-refractivity contribution in [3.63, 3.8) is 0 Å². The number of anilines is 1. The predicted octanol–water partition coefficient (Wildman–Crippen LogP) is 2.62. The number of aryl methyl sites for hydroxylation is 1. The summed E-state index contributed by atoms with van der Waals surface area (Å²) >= 11 is 0. The molecule has 1 amide bonds. The summed E-state index contributed by atoms with van der Waals surface area (Å²) < 4.78 is 0. The minimum atomic E-state index is 0.0300. The Morgan fingerprint density at radius 1 is 1.35 bits per heavy atom. The number of carbonyl (C=O) groups is 1. The molecule has 0 spiro atoms. The van der Waals surface area contributed by atoms with E-state index in [-0.39, 0.29) is 5.91 Å². The van der Waals surface area contributed by atoms with E-state index in [0.29, 0.717) is 17.7 Å². The van der Waals surface area contributed by atoms with Crippen LogP contribution in [0.3, 0.4) is 0 Å². The van der Waals surface area contributed by atoms with Crippen LogP contribution in [-0.2, 0) is 0 Å². The molecule has 1 fully saturated rings. The zero-order valence-electron chi connectivity index (χ0n) is 12.6. The van der Waals surface area contributed by atoms with Gasteiger partial charge >= 0.3 is 0 Å². The monoisotopic (exact) mass is 276 g/mol. The maximum atomic E-state index is 12.5. The molecule has 20 heavy (non-hydrogen) atoms. The van der Waals surface area contributed by atoms with Gasteiger partial charge in [-0.2, -0.15) is 0 Å². The van der Waals surface area contributed by atoms with Gasteiger partial charge in [-0.25, -0.2) is 9.97 Å². The molecule has 1 N–H and O–H groups in total. The first-order valence-corrected chi connectivity index (χ1v) is 7.51. The number of carbonyl (C=O) groups excluding carboxylic acids is 1. The third-order valence-corrected chi connectivity index (χ3v) is 3.70. The third-order valence-electron chi connectivity index (χ3n) is 3.70. The number of hydrogen-bond acceptors (Lipinski definition) is 4. The van der Waals surface area contributed by atoms with Crippen LogP contribution < -0.4 is 5.32 Å². The normalized spacial score (nSPS) is 16.9. The van der Waals surface area contributed by atoms with Crippen LogP contribution in [0.4, 0.5) is 5.95 Å². The molecule has 0 aliphatic carbocycles. The number of piperidine rings is 1. The summed E-state index contributed by atoms with van der Waals surface area (Å²) in [6.07, 6.45) is 4.39. The van der Waals surface area contributed by atoms with Crippen LogP contribution in [0.15, 0.2) is 6.07 Å². The largest absolute Gasteiger partial charge is 0.352 e. The number of hydrogen-bond donors (Lipinski definition) is 1. The van der Waals surface area contributed by atoms with Gasteiger partial charge in [0.15, 0.2) is 0 Å². The lowest BCUT2D eigenvalue weighted by molar-refractivity contribution is 0.0718. The summed E-state index contributed by atoms with van der Waals surface area (Å²) in [6, 6.07) is 2.08. The zero-order chi connectivity index (χ0) is 14.5. The summed E-state index contributed by atoms with van der Waals surface area (Å²) in [5, 5.41) is 3.24. The van der Waals surface area contributed by atoms with Crippen LogP contribution in [0.2, 0.25) is 0 Å². The average Bonchev–Trinajstić information content (AvgIpc) is 2.46. The first kappa shape index (κ1) is 14.8. The Kier molecular flexibility index (Phi) is 4.93. The van der Waals surface area contributed by atoms with Crippen LogP contribution in [0, 0.1) is 6.92 Å². The lowest BCUT2D eigenvalue weighted by Gasteiger charge is -2.26. The molecule has 1 atom stereocenters. The topological polar surface area (TPSA) is 58.1 Å². The van der Waals surface area contributed by atoms with Crippen LogP contribution in [0.5, 0.6) is 0 Å². The standard InChI is InChI=1S/C15H24N4O/c1-4-11(2)16-15-17-12(3)10-13(18-15)14(20)19-8-6-5-7-9-19/h10-11H,4-9H2,1-3H3,(H,16,17,18). The van der Waals surface area contributed by atoms with E-state index in [2.05, 4.69) is 29.1 Å². The highest BCUT2D eigenvalue weighted by atomic mass is 16.2. The van der Waals surface area contributed by atoms with E-state index in [0.717, 1.165) is 38.0 Å². The van der Waals surface area contributed by atoms with Gasteiger partial charge in [0.2, 0.25) is 5.95 Å². The van der Waals surface area contributed by atoms with Crippen molar-refractivity contribution in [3.8, 4) is 0 Å².